The summed E-state index contributed by atoms with van der Waals surface area (Å²) in [4.78, 5) is 0. The van der Waals surface area contributed by atoms with E-state index in [1.54, 1.807) is 0 Å². The Kier molecular flexibility index (Phi) is 3.01. The molecule has 0 atom stereocenters. The van der Waals surface area contributed by atoms with Gasteiger partial charge in [-0.25, -0.2) is 0 Å². The van der Waals surface area contributed by atoms with Gasteiger partial charge in [0.1, 0.15) is 0 Å². The highest BCUT2D eigenvalue weighted by Gasteiger charge is 2.21. The molecule has 0 heterocycles. The first-order valence-electron chi connectivity index (χ1n) is 5.15. The minimum atomic E-state index is 0.0574. The molecule has 0 aliphatic carbocycles. The summed E-state index contributed by atoms with van der Waals surface area (Å²) in [7, 11) is 2.01. The first kappa shape index (κ1) is 11.3. The van der Waals surface area contributed by atoms with Gasteiger partial charge in [-0.2, -0.15) is 0 Å². The van der Waals surface area contributed by atoms with Crippen molar-refractivity contribution in [1.82, 2.24) is 5.32 Å². The number of rotatable bonds is 2. The molecule has 0 spiro atoms. The van der Waals surface area contributed by atoms with Crippen molar-refractivity contribution < 1.29 is 0 Å². The lowest BCUT2D eigenvalue weighted by atomic mass is 9.86. The third-order valence-corrected chi connectivity index (χ3v) is 2.93. The molecule has 1 rings (SSSR count). The summed E-state index contributed by atoms with van der Waals surface area (Å²) in [5.74, 6) is 0. The van der Waals surface area contributed by atoms with E-state index < -0.39 is 0 Å². The average molecular weight is 191 g/mol. The third-order valence-electron chi connectivity index (χ3n) is 2.93. The molecule has 0 radical (unpaired) electrons. The number of benzene rings is 1. The van der Waals surface area contributed by atoms with Crippen LogP contribution in [0, 0.1) is 20.8 Å². The van der Waals surface area contributed by atoms with Gasteiger partial charge in [0.2, 0.25) is 0 Å². The number of aryl methyl sites for hydroxylation is 3. The first-order chi connectivity index (χ1) is 6.38. The van der Waals surface area contributed by atoms with Gasteiger partial charge in [-0.15, -0.1) is 0 Å². The predicted octanol–water partition coefficient (Wildman–Crippen LogP) is 3.07. The summed E-state index contributed by atoms with van der Waals surface area (Å²) < 4.78 is 0. The van der Waals surface area contributed by atoms with Crippen LogP contribution >= 0.6 is 0 Å². The zero-order valence-electron chi connectivity index (χ0n) is 10.2. The first-order valence-corrected chi connectivity index (χ1v) is 5.15. The summed E-state index contributed by atoms with van der Waals surface area (Å²) in [6, 6.07) is 4.50. The standard InChI is InChI=1S/C13H21N/c1-9-7-10(2)12(11(3)8-9)13(4,5)14-6/h7-8,14H,1-6H3. The Morgan fingerprint density at radius 3 is 1.79 bits per heavy atom. The molecule has 1 aromatic rings. The molecule has 14 heavy (non-hydrogen) atoms. The van der Waals surface area contributed by atoms with Crippen LogP contribution in [0.25, 0.3) is 0 Å². The number of hydrogen-bond acceptors (Lipinski definition) is 1. The molecular weight excluding hydrogens is 170 g/mol. The fourth-order valence-corrected chi connectivity index (χ4v) is 2.29. The Balaban J connectivity index is 3.35. The van der Waals surface area contributed by atoms with Crippen LogP contribution < -0.4 is 5.32 Å². The van der Waals surface area contributed by atoms with Gasteiger partial charge >= 0.3 is 0 Å². The van der Waals surface area contributed by atoms with E-state index in [1.165, 1.54) is 22.3 Å². The van der Waals surface area contributed by atoms with E-state index in [0.717, 1.165) is 0 Å². The predicted molar refractivity (Wildman–Crippen MR) is 62.7 cm³/mol. The number of nitrogens with one attached hydrogen (secondary N) is 1. The normalized spacial score (nSPS) is 11.9. The second-order valence-electron chi connectivity index (χ2n) is 4.65. The molecule has 78 valence electrons. The van der Waals surface area contributed by atoms with Crippen molar-refractivity contribution in [2.75, 3.05) is 7.05 Å². The molecule has 1 aromatic carbocycles. The van der Waals surface area contributed by atoms with Crippen molar-refractivity contribution in [3.8, 4) is 0 Å². The minimum absolute atomic E-state index is 0.0574. The van der Waals surface area contributed by atoms with Crippen molar-refractivity contribution in [2.24, 2.45) is 0 Å². The zero-order valence-corrected chi connectivity index (χ0v) is 10.2. The molecule has 0 saturated carbocycles. The molecular formula is C13H21N. The lowest BCUT2D eigenvalue weighted by molar-refractivity contribution is 0.440. The topological polar surface area (TPSA) is 12.0 Å². The van der Waals surface area contributed by atoms with Gasteiger partial charge < -0.3 is 5.32 Å². The van der Waals surface area contributed by atoms with Gasteiger partial charge in [-0.1, -0.05) is 17.7 Å². The largest absolute Gasteiger partial charge is 0.311 e. The molecule has 0 bridgehead atoms. The molecule has 0 aliphatic rings. The average Bonchev–Trinajstić information content (AvgIpc) is 2.01. The van der Waals surface area contributed by atoms with Crippen LogP contribution in [0.5, 0.6) is 0 Å². The van der Waals surface area contributed by atoms with Crippen molar-refractivity contribution in [2.45, 2.75) is 40.2 Å². The molecule has 1 nitrogen and oxygen atoms in total. The van der Waals surface area contributed by atoms with Crippen LogP contribution in [0.1, 0.15) is 36.1 Å². The molecule has 0 aromatic heterocycles. The van der Waals surface area contributed by atoms with Crippen LogP contribution in [0.2, 0.25) is 0 Å². The van der Waals surface area contributed by atoms with Gasteiger partial charge in [0.05, 0.1) is 0 Å². The molecule has 1 N–H and O–H groups in total. The van der Waals surface area contributed by atoms with Crippen molar-refractivity contribution in [1.29, 1.82) is 0 Å². The van der Waals surface area contributed by atoms with Gasteiger partial charge in [-0.3, -0.25) is 0 Å². The van der Waals surface area contributed by atoms with E-state index in [4.69, 9.17) is 0 Å². The van der Waals surface area contributed by atoms with Gasteiger partial charge in [0.15, 0.2) is 0 Å². The highest BCUT2D eigenvalue weighted by atomic mass is 14.9. The molecule has 0 unspecified atom stereocenters. The second kappa shape index (κ2) is 3.74. The van der Waals surface area contributed by atoms with E-state index >= 15 is 0 Å². The summed E-state index contributed by atoms with van der Waals surface area (Å²) in [6.07, 6.45) is 0. The molecule has 1 heteroatoms. The summed E-state index contributed by atoms with van der Waals surface area (Å²) in [5.41, 5.74) is 5.58. The van der Waals surface area contributed by atoms with Crippen molar-refractivity contribution in [3.63, 3.8) is 0 Å². The van der Waals surface area contributed by atoms with Gasteiger partial charge in [0.25, 0.3) is 0 Å². The van der Waals surface area contributed by atoms with E-state index in [9.17, 15) is 0 Å². The van der Waals surface area contributed by atoms with Crippen LogP contribution in [-0.2, 0) is 5.54 Å². The quantitative estimate of drug-likeness (QED) is 0.757. The summed E-state index contributed by atoms with van der Waals surface area (Å²) >= 11 is 0. The molecule has 0 saturated heterocycles. The maximum atomic E-state index is 3.36. The van der Waals surface area contributed by atoms with E-state index in [2.05, 4.69) is 52.1 Å². The second-order valence-corrected chi connectivity index (χ2v) is 4.65. The Labute approximate surface area is 87.5 Å². The Morgan fingerprint density at radius 2 is 1.43 bits per heavy atom. The van der Waals surface area contributed by atoms with Gasteiger partial charge in [0, 0.05) is 5.54 Å². The van der Waals surface area contributed by atoms with Crippen molar-refractivity contribution in [3.05, 3.63) is 34.4 Å². The highest BCUT2D eigenvalue weighted by molar-refractivity contribution is 5.41. The summed E-state index contributed by atoms with van der Waals surface area (Å²) in [5, 5.41) is 3.36. The maximum absolute atomic E-state index is 3.36. The third kappa shape index (κ3) is 1.98. The smallest absolute Gasteiger partial charge is 0.0380 e. The van der Waals surface area contributed by atoms with E-state index in [0.29, 0.717) is 0 Å². The Bertz CT molecular complexity index is 314. The Hall–Kier alpha value is -0.820. The van der Waals surface area contributed by atoms with Crippen LogP contribution in [0.4, 0.5) is 0 Å². The SMILES string of the molecule is CNC(C)(C)c1c(C)cc(C)cc1C. The zero-order chi connectivity index (χ0) is 10.9. The fourth-order valence-electron chi connectivity index (χ4n) is 2.29. The van der Waals surface area contributed by atoms with E-state index in [1.807, 2.05) is 7.05 Å². The lowest BCUT2D eigenvalue weighted by Crippen LogP contribution is -2.34. The molecule has 0 amide bonds. The maximum Gasteiger partial charge on any atom is 0.0380 e. The van der Waals surface area contributed by atoms with Gasteiger partial charge in [-0.05, 0) is 58.4 Å². The van der Waals surface area contributed by atoms with Crippen LogP contribution in [0.3, 0.4) is 0 Å². The summed E-state index contributed by atoms with van der Waals surface area (Å²) in [6.45, 7) is 11.0. The lowest BCUT2D eigenvalue weighted by Gasteiger charge is -2.29. The Morgan fingerprint density at radius 1 is 1.00 bits per heavy atom. The van der Waals surface area contributed by atoms with Crippen molar-refractivity contribution >= 4 is 0 Å². The van der Waals surface area contributed by atoms with Crippen LogP contribution in [-0.4, -0.2) is 7.05 Å². The molecule has 0 fully saturated rings. The molecule has 0 aliphatic heterocycles. The fraction of sp³-hybridized carbons (Fsp3) is 0.538. The minimum Gasteiger partial charge on any atom is -0.311 e. The number of hydrogen-bond donors (Lipinski definition) is 1. The van der Waals surface area contributed by atoms with Crippen LogP contribution in [0.15, 0.2) is 12.1 Å². The highest BCUT2D eigenvalue weighted by Crippen LogP contribution is 2.27. The van der Waals surface area contributed by atoms with E-state index in [-0.39, 0.29) is 5.54 Å². The monoisotopic (exact) mass is 191 g/mol.